The Balaban J connectivity index is 1.36. The molecule has 2 aliphatic heterocycles. The van der Waals surface area contributed by atoms with Gasteiger partial charge < -0.3 is 14.5 Å². The van der Waals surface area contributed by atoms with Gasteiger partial charge in [0.05, 0.1) is 18.2 Å². The van der Waals surface area contributed by atoms with Crippen molar-refractivity contribution in [1.82, 2.24) is 4.90 Å². The third-order valence-corrected chi connectivity index (χ3v) is 8.58. The number of methoxy groups -OCH3 is 1. The van der Waals surface area contributed by atoms with Crippen molar-refractivity contribution < 1.29 is 32.3 Å². The van der Waals surface area contributed by atoms with Crippen LogP contribution in [0.2, 0.25) is 0 Å². The molecule has 214 valence electrons. The molecule has 0 aromatic heterocycles. The number of piperidine rings is 1. The minimum absolute atomic E-state index is 0.0736. The summed E-state index contributed by atoms with van der Waals surface area (Å²) in [6.07, 6.45) is 0.428. The van der Waals surface area contributed by atoms with Crippen LogP contribution in [0.15, 0.2) is 48.5 Å². The number of rotatable bonds is 5. The summed E-state index contributed by atoms with van der Waals surface area (Å²) in [5, 5.41) is 0. The molecule has 2 aromatic carbocycles. The van der Waals surface area contributed by atoms with Gasteiger partial charge in [0.15, 0.2) is 0 Å². The summed E-state index contributed by atoms with van der Waals surface area (Å²) in [4.78, 5) is 44.9. The Bertz CT molecular complexity index is 1280. The standard InChI is InChI=1S/C30H34F3N3O4/c1-40-27(38)29(14-17-34(18-15-29)28(39)35-16-12-21-7-2-4-10-24(21)35)20-26(37)36(25-11-5-3-9-23(25)31)22-8-6-13-30(32,33)19-22/h2-5,7,9-11,22H,6,8,12-20H2,1H3. The van der Waals surface area contributed by atoms with Crippen molar-refractivity contribution in [2.24, 2.45) is 5.41 Å². The summed E-state index contributed by atoms with van der Waals surface area (Å²) in [5.41, 5.74) is 0.642. The van der Waals surface area contributed by atoms with Gasteiger partial charge in [0.25, 0.3) is 0 Å². The van der Waals surface area contributed by atoms with Gasteiger partial charge in [-0.05, 0) is 55.9 Å². The molecular formula is C30H34F3N3O4. The fourth-order valence-corrected chi connectivity index (χ4v) is 6.43. The van der Waals surface area contributed by atoms with Crippen molar-refractivity contribution in [3.8, 4) is 0 Å². The Morgan fingerprint density at radius 2 is 1.70 bits per heavy atom. The fourth-order valence-electron chi connectivity index (χ4n) is 6.43. The van der Waals surface area contributed by atoms with E-state index in [1.165, 1.54) is 25.3 Å². The molecule has 1 saturated heterocycles. The molecule has 2 fully saturated rings. The van der Waals surface area contributed by atoms with Crippen molar-refractivity contribution >= 4 is 29.3 Å². The van der Waals surface area contributed by atoms with E-state index >= 15 is 0 Å². The van der Waals surface area contributed by atoms with E-state index in [0.717, 1.165) is 22.6 Å². The summed E-state index contributed by atoms with van der Waals surface area (Å²) in [5.74, 6) is -4.86. The summed E-state index contributed by atoms with van der Waals surface area (Å²) < 4.78 is 48.8. The van der Waals surface area contributed by atoms with E-state index in [1.54, 1.807) is 15.9 Å². The number of fused-ring (bicyclic) bond motifs is 1. The quantitative estimate of drug-likeness (QED) is 0.451. The molecule has 0 spiro atoms. The summed E-state index contributed by atoms with van der Waals surface area (Å²) in [6.45, 7) is 1.01. The van der Waals surface area contributed by atoms with E-state index < -0.39 is 41.5 Å². The minimum Gasteiger partial charge on any atom is -0.469 e. The molecule has 0 radical (unpaired) electrons. The largest absolute Gasteiger partial charge is 0.469 e. The van der Waals surface area contributed by atoms with Crippen LogP contribution in [0.5, 0.6) is 0 Å². The maximum Gasteiger partial charge on any atom is 0.324 e. The lowest BCUT2D eigenvalue weighted by Gasteiger charge is -2.43. The number of hydrogen-bond donors (Lipinski definition) is 0. The zero-order valence-electron chi connectivity index (χ0n) is 22.6. The van der Waals surface area contributed by atoms with Crippen molar-refractivity contribution in [2.45, 2.75) is 63.3 Å². The molecule has 0 bridgehead atoms. The zero-order chi connectivity index (χ0) is 28.5. The molecule has 2 aromatic rings. The van der Waals surface area contributed by atoms with Gasteiger partial charge in [-0.3, -0.25) is 14.5 Å². The number of benzene rings is 2. The van der Waals surface area contributed by atoms with Crippen LogP contribution in [-0.2, 0) is 20.7 Å². The van der Waals surface area contributed by atoms with Crippen LogP contribution in [0, 0.1) is 11.2 Å². The Hall–Kier alpha value is -3.56. The number of anilines is 2. The molecule has 5 rings (SSSR count). The second-order valence-electron chi connectivity index (χ2n) is 11.1. The number of urea groups is 1. The summed E-state index contributed by atoms with van der Waals surface area (Å²) >= 11 is 0. The molecule has 7 nitrogen and oxygen atoms in total. The van der Waals surface area contributed by atoms with Crippen molar-refractivity contribution in [2.75, 3.05) is 36.5 Å². The lowest BCUT2D eigenvalue weighted by atomic mass is 9.75. The SMILES string of the molecule is COC(=O)C1(CC(=O)N(c2ccccc2F)C2CCCC(F)(F)C2)CCN(C(=O)N2CCc3ccccc32)CC1. The van der Waals surface area contributed by atoms with Crippen LogP contribution in [0.1, 0.15) is 50.5 Å². The van der Waals surface area contributed by atoms with E-state index in [-0.39, 0.29) is 56.9 Å². The lowest BCUT2D eigenvalue weighted by Crippen LogP contribution is -2.53. The number of halogens is 3. The number of alkyl halides is 2. The van der Waals surface area contributed by atoms with Gasteiger partial charge in [0.1, 0.15) is 5.82 Å². The second-order valence-corrected chi connectivity index (χ2v) is 11.1. The second kappa shape index (κ2) is 11.1. The number of para-hydroxylation sites is 2. The molecule has 1 aliphatic carbocycles. The molecule has 0 N–H and O–H groups in total. The van der Waals surface area contributed by atoms with Crippen molar-refractivity contribution in [3.63, 3.8) is 0 Å². The van der Waals surface area contributed by atoms with Crippen LogP contribution in [0.3, 0.4) is 0 Å². The first-order valence-corrected chi connectivity index (χ1v) is 13.8. The number of amides is 3. The highest BCUT2D eigenvalue weighted by Crippen LogP contribution is 2.42. The van der Waals surface area contributed by atoms with Crippen molar-refractivity contribution in [3.05, 3.63) is 59.9 Å². The van der Waals surface area contributed by atoms with E-state index in [9.17, 15) is 27.6 Å². The number of carbonyl (C=O) groups excluding carboxylic acids is 3. The topological polar surface area (TPSA) is 70.2 Å². The predicted molar refractivity (Wildman–Crippen MR) is 144 cm³/mol. The number of likely N-dealkylation sites (tertiary alicyclic amines) is 1. The molecule has 3 aliphatic rings. The Morgan fingerprint density at radius 1 is 1.00 bits per heavy atom. The number of ether oxygens (including phenoxy) is 1. The minimum atomic E-state index is -2.97. The summed E-state index contributed by atoms with van der Waals surface area (Å²) in [7, 11) is 1.24. The van der Waals surface area contributed by atoms with Gasteiger partial charge >= 0.3 is 12.0 Å². The number of carbonyl (C=O) groups is 3. The first-order valence-electron chi connectivity index (χ1n) is 13.8. The number of hydrogen-bond acceptors (Lipinski definition) is 4. The molecule has 1 saturated carbocycles. The maximum absolute atomic E-state index is 14.9. The van der Waals surface area contributed by atoms with Gasteiger partial charge in [-0.1, -0.05) is 30.3 Å². The van der Waals surface area contributed by atoms with E-state index in [1.807, 2.05) is 24.3 Å². The zero-order valence-corrected chi connectivity index (χ0v) is 22.6. The highest BCUT2D eigenvalue weighted by Gasteiger charge is 2.48. The monoisotopic (exact) mass is 557 g/mol. The Kier molecular flexibility index (Phi) is 7.79. The third kappa shape index (κ3) is 5.40. The maximum atomic E-state index is 14.9. The Morgan fingerprint density at radius 3 is 2.40 bits per heavy atom. The van der Waals surface area contributed by atoms with Gasteiger partial charge in [-0.2, -0.15) is 0 Å². The highest BCUT2D eigenvalue weighted by atomic mass is 19.3. The molecule has 40 heavy (non-hydrogen) atoms. The first-order chi connectivity index (χ1) is 19.1. The van der Waals surface area contributed by atoms with Gasteiger partial charge in [0, 0.05) is 50.6 Å². The third-order valence-electron chi connectivity index (χ3n) is 8.58. The van der Waals surface area contributed by atoms with E-state index in [2.05, 4.69) is 0 Å². The molecular weight excluding hydrogens is 523 g/mol. The van der Waals surface area contributed by atoms with Gasteiger partial charge in [0.2, 0.25) is 11.8 Å². The lowest BCUT2D eigenvalue weighted by molar-refractivity contribution is -0.158. The van der Waals surface area contributed by atoms with Crippen LogP contribution >= 0.6 is 0 Å². The van der Waals surface area contributed by atoms with E-state index in [0.29, 0.717) is 13.0 Å². The van der Waals surface area contributed by atoms with Crippen LogP contribution in [0.25, 0.3) is 0 Å². The Labute approximate surface area is 231 Å². The van der Waals surface area contributed by atoms with Crippen molar-refractivity contribution in [1.29, 1.82) is 0 Å². The van der Waals surface area contributed by atoms with E-state index in [4.69, 9.17) is 4.74 Å². The number of nitrogens with zero attached hydrogens (tertiary/aromatic N) is 3. The normalized spacial score (nSPS) is 21.4. The van der Waals surface area contributed by atoms with Gasteiger partial charge in [-0.15, -0.1) is 0 Å². The number of esters is 1. The predicted octanol–water partition coefficient (Wildman–Crippen LogP) is 5.56. The first kappa shape index (κ1) is 28.0. The van der Waals surface area contributed by atoms with Crippen LogP contribution < -0.4 is 9.80 Å². The molecule has 1 atom stereocenters. The fraction of sp³-hybridized carbons (Fsp3) is 0.500. The van der Waals surface area contributed by atoms with Crippen LogP contribution in [0.4, 0.5) is 29.3 Å². The average molecular weight is 558 g/mol. The van der Waals surface area contributed by atoms with Gasteiger partial charge in [-0.25, -0.2) is 18.0 Å². The molecule has 2 heterocycles. The average Bonchev–Trinajstić information content (AvgIpc) is 3.37. The summed E-state index contributed by atoms with van der Waals surface area (Å²) in [6, 6.07) is 12.3. The molecule has 10 heteroatoms. The highest BCUT2D eigenvalue weighted by molar-refractivity contribution is 5.98. The van der Waals surface area contributed by atoms with Crippen LogP contribution in [-0.4, -0.2) is 61.5 Å². The smallest absolute Gasteiger partial charge is 0.324 e. The molecule has 3 amide bonds. The molecule has 1 unspecified atom stereocenters.